The molecule has 7 aromatic rings. The molecule has 0 spiro atoms. The highest BCUT2D eigenvalue weighted by Gasteiger charge is 2.22. The quantitative estimate of drug-likeness (QED) is 0.0805. The first-order valence-corrected chi connectivity index (χ1v) is 21.4. The molecule has 0 heterocycles. The van der Waals surface area contributed by atoms with Crippen molar-refractivity contribution < 1.29 is 19.0 Å². The molecule has 0 amide bonds. The molecule has 0 fully saturated rings. The average Bonchev–Trinajstić information content (AvgIpc) is 3.29. The Morgan fingerprint density at radius 3 is 1.15 bits per heavy atom. The van der Waals surface area contributed by atoms with Crippen LogP contribution in [0.2, 0.25) is 0 Å². The van der Waals surface area contributed by atoms with Gasteiger partial charge >= 0.3 is 0 Å². The van der Waals surface area contributed by atoms with Gasteiger partial charge in [0.15, 0.2) is 5.78 Å². The van der Waals surface area contributed by atoms with Crippen molar-refractivity contribution in [1.82, 2.24) is 0 Å². The van der Waals surface area contributed by atoms with Gasteiger partial charge < -0.3 is 24.0 Å². The summed E-state index contributed by atoms with van der Waals surface area (Å²) < 4.78 is 18.8. The fourth-order valence-corrected chi connectivity index (χ4v) is 7.43. The van der Waals surface area contributed by atoms with Gasteiger partial charge in [0, 0.05) is 45.3 Å². The maximum atomic E-state index is 13.3. The lowest BCUT2D eigenvalue weighted by molar-refractivity contribution is 0.0803. The number of hydrogen-bond donors (Lipinski definition) is 0. The van der Waals surface area contributed by atoms with Gasteiger partial charge in [-0.25, -0.2) is 0 Å². The third-order valence-electron chi connectivity index (χ3n) is 11.2. The predicted molar refractivity (Wildman–Crippen MR) is 251 cm³/mol. The molecular weight excluding hydrogens is 753 g/mol. The van der Waals surface area contributed by atoms with Crippen LogP contribution >= 0.6 is 0 Å². The van der Waals surface area contributed by atoms with Crippen molar-refractivity contribution in [3.05, 3.63) is 193 Å². The van der Waals surface area contributed by atoms with Crippen LogP contribution in [-0.4, -0.2) is 17.0 Å². The summed E-state index contributed by atoms with van der Waals surface area (Å²) in [7, 11) is 0. The Balaban J connectivity index is 1.07. The molecule has 0 aromatic heterocycles. The van der Waals surface area contributed by atoms with Gasteiger partial charge in [-0.15, -0.1) is 0 Å². The highest BCUT2D eigenvalue weighted by Crippen LogP contribution is 2.40. The van der Waals surface area contributed by atoms with Crippen molar-refractivity contribution in [3.63, 3.8) is 0 Å². The van der Waals surface area contributed by atoms with Crippen LogP contribution < -0.4 is 24.0 Å². The summed E-state index contributed by atoms with van der Waals surface area (Å²) in [4.78, 5) is 17.8. The zero-order chi connectivity index (χ0) is 42.8. The van der Waals surface area contributed by atoms with E-state index in [-0.39, 0.29) is 17.0 Å². The molecule has 0 atom stereocenters. The SMILES string of the molecule is CCCC(C)(C)Oc1ccc(N(c2ccccc2)c2ccc(N(c3ccccc3)c3ccc(Oc4ccc(C(=O)c5ccc(OC(C)(CC)CC)cc5)cc4)cc3)cc2)cc1. The zero-order valence-corrected chi connectivity index (χ0v) is 36.2. The Morgan fingerprint density at radius 1 is 0.426 bits per heavy atom. The second-order valence-electron chi connectivity index (χ2n) is 16.2. The number of para-hydroxylation sites is 2. The Bertz CT molecular complexity index is 2440. The minimum absolute atomic E-state index is 0.0517. The van der Waals surface area contributed by atoms with Crippen LogP contribution in [0, 0.1) is 0 Å². The lowest BCUT2D eigenvalue weighted by Gasteiger charge is -2.29. The third kappa shape index (κ3) is 10.5. The molecule has 61 heavy (non-hydrogen) atoms. The van der Waals surface area contributed by atoms with E-state index in [1.54, 1.807) is 12.1 Å². The van der Waals surface area contributed by atoms with E-state index in [0.717, 1.165) is 71.3 Å². The Hall–Kier alpha value is -6.79. The summed E-state index contributed by atoms with van der Waals surface area (Å²) in [6.45, 7) is 12.8. The number of hydrogen-bond acceptors (Lipinski definition) is 6. The first-order chi connectivity index (χ1) is 29.6. The summed E-state index contributed by atoms with van der Waals surface area (Å²) in [5.74, 6) is 2.91. The van der Waals surface area contributed by atoms with E-state index >= 15 is 0 Å². The second kappa shape index (κ2) is 19.1. The number of benzene rings is 7. The van der Waals surface area contributed by atoms with Crippen molar-refractivity contribution in [3.8, 4) is 23.0 Å². The average molecular weight is 809 g/mol. The maximum absolute atomic E-state index is 13.3. The van der Waals surface area contributed by atoms with Crippen molar-refractivity contribution in [1.29, 1.82) is 0 Å². The number of ether oxygens (including phenoxy) is 3. The normalized spacial score (nSPS) is 11.4. The number of ketones is 1. The summed E-state index contributed by atoms with van der Waals surface area (Å²) in [6, 6.07) is 60.5. The van der Waals surface area contributed by atoms with Crippen molar-refractivity contribution in [2.45, 2.75) is 78.4 Å². The molecule has 7 aromatic carbocycles. The highest BCUT2D eigenvalue weighted by atomic mass is 16.5. The first kappa shape index (κ1) is 42.3. The molecule has 0 saturated heterocycles. The highest BCUT2D eigenvalue weighted by molar-refractivity contribution is 6.09. The fourth-order valence-electron chi connectivity index (χ4n) is 7.43. The third-order valence-corrected chi connectivity index (χ3v) is 11.2. The monoisotopic (exact) mass is 808 g/mol. The zero-order valence-electron chi connectivity index (χ0n) is 36.2. The van der Waals surface area contributed by atoms with Gasteiger partial charge in [0.2, 0.25) is 0 Å². The van der Waals surface area contributed by atoms with Crippen LogP contribution in [0.3, 0.4) is 0 Å². The number of carbonyl (C=O) groups excluding carboxylic acids is 1. The molecule has 6 heteroatoms. The second-order valence-corrected chi connectivity index (χ2v) is 16.2. The molecule has 0 unspecified atom stereocenters. The lowest BCUT2D eigenvalue weighted by Crippen LogP contribution is -2.30. The Kier molecular flexibility index (Phi) is 13.2. The molecule has 0 saturated carbocycles. The predicted octanol–water partition coefficient (Wildman–Crippen LogP) is 15.6. The molecule has 7 rings (SSSR count). The molecule has 6 nitrogen and oxygen atoms in total. The van der Waals surface area contributed by atoms with E-state index in [0.29, 0.717) is 22.6 Å². The topological polar surface area (TPSA) is 51.2 Å². The number of anilines is 6. The lowest BCUT2D eigenvalue weighted by atomic mass is 9.99. The maximum Gasteiger partial charge on any atom is 0.193 e. The van der Waals surface area contributed by atoms with Gasteiger partial charge in [-0.2, -0.15) is 0 Å². The van der Waals surface area contributed by atoms with Crippen LogP contribution in [0.1, 0.15) is 83.1 Å². The fraction of sp³-hybridized carbons (Fsp3) is 0.218. The van der Waals surface area contributed by atoms with Crippen molar-refractivity contribution in [2.75, 3.05) is 9.80 Å². The van der Waals surface area contributed by atoms with Gasteiger partial charge in [-0.05, 0) is 186 Å². The van der Waals surface area contributed by atoms with Gasteiger partial charge in [-0.3, -0.25) is 4.79 Å². The first-order valence-electron chi connectivity index (χ1n) is 21.4. The van der Waals surface area contributed by atoms with Crippen LogP contribution in [0.4, 0.5) is 34.1 Å². The van der Waals surface area contributed by atoms with Gasteiger partial charge in [0.25, 0.3) is 0 Å². The molecule has 0 N–H and O–H groups in total. The summed E-state index contributed by atoms with van der Waals surface area (Å²) in [5.41, 5.74) is 6.93. The number of rotatable bonds is 18. The Morgan fingerprint density at radius 2 is 0.754 bits per heavy atom. The molecule has 0 radical (unpaired) electrons. The van der Waals surface area contributed by atoms with E-state index in [2.05, 4.69) is 161 Å². The number of nitrogens with zero attached hydrogens (tertiary/aromatic N) is 2. The van der Waals surface area contributed by atoms with E-state index in [1.807, 2.05) is 60.7 Å². The van der Waals surface area contributed by atoms with Gasteiger partial charge in [0.1, 0.15) is 34.2 Å². The summed E-state index contributed by atoms with van der Waals surface area (Å²) in [5, 5.41) is 0. The Labute approximate surface area is 362 Å². The van der Waals surface area contributed by atoms with Crippen molar-refractivity contribution in [2.24, 2.45) is 0 Å². The number of carbonyl (C=O) groups is 1. The minimum atomic E-state index is -0.227. The van der Waals surface area contributed by atoms with E-state index in [1.165, 1.54) is 0 Å². The molecule has 0 bridgehead atoms. The minimum Gasteiger partial charge on any atom is -0.488 e. The molecule has 0 aliphatic rings. The van der Waals surface area contributed by atoms with Crippen molar-refractivity contribution >= 4 is 39.9 Å². The standard InChI is InChI=1S/C55H56N2O4/c1-7-40-54(4,5)60-51-38-30-48(31-39-51)57(44-18-14-11-15-19-44)46-26-24-45(25-27-46)56(43-16-12-10-13-17-43)47-28-36-50(37-29-47)59-49-32-20-41(21-33-49)53(58)42-22-34-52(35-23-42)61-55(6,8-2)9-3/h10-39H,7-9,40H2,1-6H3. The summed E-state index contributed by atoms with van der Waals surface area (Å²) >= 11 is 0. The molecular formula is C55H56N2O4. The molecule has 310 valence electrons. The van der Waals surface area contributed by atoms with Gasteiger partial charge in [-0.1, -0.05) is 63.6 Å². The van der Waals surface area contributed by atoms with Crippen LogP contribution in [0.15, 0.2) is 182 Å². The largest absolute Gasteiger partial charge is 0.488 e. The summed E-state index contributed by atoms with van der Waals surface area (Å²) in [6.07, 6.45) is 3.87. The molecule has 0 aliphatic carbocycles. The molecule has 0 aliphatic heterocycles. The van der Waals surface area contributed by atoms with Gasteiger partial charge in [0.05, 0.1) is 0 Å². The van der Waals surface area contributed by atoms with Crippen LogP contribution in [-0.2, 0) is 0 Å². The van der Waals surface area contributed by atoms with E-state index in [9.17, 15) is 4.79 Å². The van der Waals surface area contributed by atoms with Crippen LogP contribution in [0.25, 0.3) is 0 Å². The van der Waals surface area contributed by atoms with E-state index in [4.69, 9.17) is 14.2 Å². The smallest absolute Gasteiger partial charge is 0.193 e. The van der Waals surface area contributed by atoms with E-state index < -0.39 is 0 Å². The van der Waals surface area contributed by atoms with Crippen LogP contribution in [0.5, 0.6) is 23.0 Å².